The highest BCUT2D eigenvalue weighted by Crippen LogP contribution is 2.25. The van der Waals surface area contributed by atoms with Gasteiger partial charge in [0.2, 0.25) is 0 Å². The van der Waals surface area contributed by atoms with Crippen LogP contribution in [-0.4, -0.2) is 17.7 Å². The lowest BCUT2D eigenvalue weighted by molar-refractivity contribution is -0.141. The molecule has 1 unspecified atom stereocenters. The Kier molecular flexibility index (Phi) is 5.81. The van der Waals surface area contributed by atoms with E-state index in [0.717, 1.165) is 3.57 Å². The van der Waals surface area contributed by atoms with Crippen LogP contribution >= 0.6 is 22.6 Å². The Morgan fingerprint density at radius 2 is 2.06 bits per heavy atom. The van der Waals surface area contributed by atoms with Crippen molar-refractivity contribution >= 4 is 28.6 Å². The number of benzene rings is 1. The third-order valence-corrected chi connectivity index (χ3v) is 3.32. The van der Waals surface area contributed by atoms with E-state index in [-0.39, 0.29) is 11.5 Å². The van der Waals surface area contributed by atoms with Gasteiger partial charge in [-0.05, 0) is 40.1 Å². The normalized spacial score (nSPS) is 12.3. The van der Waals surface area contributed by atoms with E-state index in [1.165, 1.54) is 0 Å². The molecular formula is C14H17IO3. The molecule has 0 fully saturated rings. The fourth-order valence-electron chi connectivity index (χ4n) is 1.33. The molecule has 0 saturated heterocycles. The number of ether oxygens (including phenoxy) is 1. The summed E-state index contributed by atoms with van der Waals surface area (Å²) in [5.74, 6) is -0.286. The average molecular weight is 360 g/mol. The monoisotopic (exact) mass is 360 g/mol. The summed E-state index contributed by atoms with van der Waals surface area (Å²) in [6.07, 6.45) is -1.02. The Labute approximate surface area is 121 Å². The topological polar surface area (TPSA) is 46.5 Å². The number of hydrogen-bond donors (Lipinski definition) is 1. The van der Waals surface area contributed by atoms with Crippen molar-refractivity contribution in [2.24, 2.45) is 5.92 Å². The number of aliphatic hydroxyl groups excluding tert-OH is 1. The zero-order valence-electron chi connectivity index (χ0n) is 10.5. The van der Waals surface area contributed by atoms with Crippen molar-refractivity contribution in [3.63, 3.8) is 0 Å². The van der Waals surface area contributed by atoms with Gasteiger partial charge in [-0.1, -0.05) is 38.6 Å². The highest BCUT2D eigenvalue weighted by atomic mass is 127. The van der Waals surface area contributed by atoms with Gasteiger partial charge in [0.15, 0.2) is 0 Å². The lowest BCUT2D eigenvalue weighted by Gasteiger charge is -2.15. The van der Waals surface area contributed by atoms with Gasteiger partial charge in [-0.25, -0.2) is 4.79 Å². The van der Waals surface area contributed by atoms with E-state index in [1.807, 2.05) is 32.0 Å². The van der Waals surface area contributed by atoms with Crippen LogP contribution in [0.4, 0.5) is 0 Å². The third kappa shape index (κ3) is 4.10. The van der Waals surface area contributed by atoms with Crippen molar-refractivity contribution in [3.8, 4) is 0 Å². The molecule has 0 aliphatic heterocycles. The fourth-order valence-corrected chi connectivity index (χ4v) is 2.01. The minimum Gasteiger partial charge on any atom is -0.462 e. The molecule has 0 heterocycles. The van der Waals surface area contributed by atoms with Crippen molar-refractivity contribution < 1.29 is 14.6 Å². The highest BCUT2D eigenvalue weighted by molar-refractivity contribution is 14.1. The zero-order chi connectivity index (χ0) is 13.7. The summed E-state index contributed by atoms with van der Waals surface area (Å²) >= 11 is 2.11. The molecule has 0 bridgehead atoms. The third-order valence-electron chi connectivity index (χ3n) is 2.34. The Balaban J connectivity index is 2.72. The maximum absolute atomic E-state index is 11.7. The molecule has 1 aromatic carbocycles. The predicted molar refractivity (Wildman–Crippen MR) is 79.1 cm³/mol. The fraction of sp³-hybridized carbons (Fsp3) is 0.357. The van der Waals surface area contributed by atoms with Gasteiger partial charge in [0.05, 0.1) is 12.2 Å². The molecule has 1 aromatic rings. The summed E-state index contributed by atoms with van der Waals surface area (Å²) in [6.45, 7) is 7.85. The second kappa shape index (κ2) is 6.89. The molecule has 4 heteroatoms. The Hall–Kier alpha value is -0.880. The van der Waals surface area contributed by atoms with Gasteiger partial charge in [-0.3, -0.25) is 0 Å². The first-order valence-electron chi connectivity index (χ1n) is 5.72. The largest absolute Gasteiger partial charge is 0.462 e. The zero-order valence-corrected chi connectivity index (χ0v) is 12.7. The Morgan fingerprint density at radius 1 is 1.44 bits per heavy atom. The molecule has 3 nitrogen and oxygen atoms in total. The number of halogens is 1. The van der Waals surface area contributed by atoms with E-state index >= 15 is 0 Å². The summed E-state index contributed by atoms with van der Waals surface area (Å²) in [7, 11) is 0. The van der Waals surface area contributed by atoms with Crippen molar-refractivity contribution in [2.75, 3.05) is 6.61 Å². The second-order valence-electron chi connectivity index (χ2n) is 4.44. The van der Waals surface area contributed by atoms with Crippen molar-refractivity contribution in [1.82, 2.24) is 0 Å². The number of hydrogen-bond acceptors (Lipinski definition) is 3. The smallest absolute Gasteiger partial charge is 0.336 e. The minimum atomic E-state index is -1.02. The number of esters is 1. The second-order valence-corrected chi connectivity index (χ2v) is 5.60. The van der Waals surface area contributed by atoms with Gasteiger partial charge >= 0.3 is 5.97 Å². The van der Waals surface area contributed by atoms with Crippen LogP contribution in [0.5, 0.6) is 0 Å². The maximum atomic E-state index is 11.7. The molecule has 0 spiro atoms. The van der Waals surface area contributed by atoms with Gasteiger partial charge in [0.1, 0.15) is 6.10 Å². The van der Waals surface area contributed by atoms with Crippen LogP contribution in [0, 0.1) is 9.49 Å². The van der Waals surface area contributed by atoms with E-state index in [1.54, 1.807) is 6.07 Å². The maximum Gasteiger partial charge on any atom is 0.336 e. The molecule has 0 saturated carbocycles. The first-order valence-corrected chi connectivity index (χ1v) is 6.79. The lowest BCUT2D eigenvalue weighted by atomic mass is 10.0. The molecule has 0 radical (unpaired) electrons. The van der Waals surface area contributed by atoms with Crippen LogP contribution in [0.2, 0.25) is 0 Å². The standard InChI is InChI=1S/C14H17IO3/c1-9(2)8-18-14(17)10(3)13(16)11-6-4-5-7-12(11)15/h4-7,9,13,16H,3,8H2,1-2H3. The van der Waals surface area contributed by atoms with Crippen molar-refractivity contribution in [2.45, 2.75) is 20.0 Å². The van der Waals surface area contributed by atoms with Crippen LogP contribution in [0.15, 0.2) is 36.4 Å². The van der Waals surface area contributed by atoms with E-state index in [2.05, 4.69) is 29.2 Å². The Morgan fingerprint density at radius 3 is 2.61 bits per heavy atom. The molecule has 18 heavy (non-hydrogen) atoms. The van der Waals surface area contributed by atoms with Gasteiger partial charge in [-0.2, -0.15) is 0 Å². The quantitative estimate of drug-likeness (QED) is 0.499. The number of carbonyl (C=O) groups is 1. The summed E-state index contributed by atoms with van der Waals surface area (Å²) in [5.41, 5.74) is 0.740. The molecule has 98 valence electrons. The minimum absolute atomic E-state index is 0.0692. The van der Waals surface area contributed by atoms with Gasteiger partial charge < -0.3 is 9.84 Å². The summed E-state index contributed by atoms with van der Waals surface area (Å²) < 4.78 is 5.94. The van der Waals surface area contributed by atoms with Gasteiger partial charge in [0.25, 0.3) is 0 Å². The highest BCUT2D eigenvalue weighted by Gasteiger charge is 2.21. The average Bonchev–Trinajstić information content (AvgIpc) is 2.34. The van der Waals surface area contributed by atoms with Gasteiger partial charge in [-0.15, -0.1) is 0 Å². The van der Waals surface area contributed by atoms with E-state index in [9.17, 15) is 9.90 Å². The number of carbonyl (C=O) groups excluding carboxylic acids is 1. The SMILES string of the molecule is C=C(C(=O)OCC(C)C)C(O)c1ccccc1I. The molecule has 0 aromatic heterocycles. The van der Waals surface area contributed by atoms with Crippen LogP contribution < -0.4 is 0 Å². The molecule has 1 N–H and O–H groups in total. The van der Waals surface area contributed by atoms with Gasteiger partial charge in [0, 0.05) is 3.57 Å². The van der Waals surface area contributed by atoms with Crippen LogP contribution in [-0.2, 0) is 9.53 Å². The molecule has 1 atom stereocenters. The van der Waals surface area contributed by atoms with Crippen molar-refractivity contribution in [1.29, 1.82) is 0 Å². The molecular weight excluding hydrogens is 343 g/mol. The lowest BCUT2D eigenvalue weighted by Crippen LogP contribution is -2.16. The summed E-state index contributed by atoms with van der Waals surface area (Å²) in [4.78, 5) is 11.7. The molecule has 0 aliphatic carbocycles. The predicted octanol–water partition coefficient (Wildman–Crippen LogP) is 3.08. The summed E-state index contributed by atoms with van der Waals surface area (Å²) in [5, 5.41) is 10.1. The molecule has 0 amide bonds. The first-order chi connectivity index (χ1) is 8.43. The Bertz CT molecular complexity index is 440. The molecule has 0 aliphatic rings. The number of rotatable bonds is 5. The van der Waals surface area contributed by atoms with E-state index in [0.29, 0.717) is 12.2 Å². The molecule has 1 rings (SSSR count). The van der Waals surface area contributed by atoms with E-state index in [4.69, 9.17) is 4.74 Å². The van der Waals surface area contributed by atoms with Crippen molar-refractivity contribution in [3.05, 3.63) is 45.6 Å². The van der Waals surface area contributed by atoms with Crippen LogP contribution in [0.1, 0.15) is 25.5 Å². The van der Waals surface area contributed by atoms with Crippen LogP contribution in [0.25, 0.3) is 0 Å². The van der Waals surface area contributed by atoms with Crippen LogP contribution in [0.3, 0.4) is 0 Å². The number of aliphatic hydroxyl groups is 1. The summed E-state index contributed by atoms with van der Waals surface area (Å²) in [6, 6.07) is 7.32. The first kappa shape index (κ1) is 15.2. The van der Waals surface area contributed by atoms with E-state index < -0.39 is 12.1 Å².